The molecule has 0 aromatic heterocycles. The lowest BCUT2D eigenvalue weighted by Crippen LogP contribution is -2.28. The number of rotatable bonds is 6. The zero-order valence-electron chi connectivity index (χ0n) is 18.3. The third-order valence-corrected chi connectivity index (χ3v) is 4.97. The van der Waals surface area contributed by atoms with Crippen LogP contribution in [0.1, 0.15) is 65.1 Å². The van der Waals surface area contributed by atoms with E-state index in [1.165, 1.54) is 12.1 Å². The van der Waals surface area contributed by atoms with Crippen LogP contribution < -0.4 is 9.47 Å². The number of fused-ring (bicyclic) bond motifs is 1. The lowest BCUT2D eigenvalue weighted by molar-refractivity contribution is 0.100. The second-order valence-electron chi connectivity index (χ2n) is 8.29. The van der Waals surface area contributed by atoms with Crippen LogP contribution in [0.2, 0.25) is 0 Å². The molecule has 0 spiro atoms. The van der Waals surface area contributed by atoms with Crippen molar-refractivity contribution in [1.82, 2.24) is 0 Å². The Morgan fingerprint density at radius 2 is 1.87 bits per heavy atom. The van der Waals surface area contributed by atoms with Crippen molar-refractivity contribution in [3.05, 3.63) is 63.7 Å². The van der Waals surface area contributed by atoms with Crippen molar-refractivity contribution >= 4 is 18.1 Å². The number of ether oxygens (including phenoxy) is 2. The Morgan fingerprint density at radius 1 is 1.16 bits per heavy atom. The summed E-state index contributed by atoms with van der Waals surface area (Å²) < 4.78 is 11.7. The summed E-state index contributed by atoms with van der Waals surface area (Å²) in [6.45, 7) is 9.35. The van der Waals surface area contributed by atoms with E-state index in [1.54, 1.807) is 19.1 Å². The first-order valence-corrected chi connectivity index (χ1v) is 9.92. The van der Waals surface area contributed by atoms with Crippen LogP contribution in [0.4, 0.5) is 0 Å². The minimum absolute atomic E-state index is 0.0766. The molecule has 0 saturated carbocycles. The Hall–Kier alpha value is -3.54. The SMILES string of the molecule is CC(C)=CCOc1c(C)cc(O)c(C(=O)c2c(O)ccc3c2OC(C)(C)C=C3)c1C=O. The molecule has 0 aliphatic carbocycles. The molecular formula is C25H26O6. The van der Waals surface area contributed by atoms with Gasteiger partial charge >= 0.3 is 0 Å². The van der Waals surface area contributed by atoms with Crippen LogP contribution in [0.15, 0.2) is 35.9 Å². The first-order valence-electron chi connectivity index (χ1n) is 9.92. The van der Waals surface area contributed by atoms with Gasteiger partial charge in [-0.1, -0.05) is 11.6 Å². The fourth-order valence-corrected chi connectivity index (χ4v) is 3.40. The van der Waals surface area contributed by atoms with E-state index >= 15 is 0 Å². The van der Waals surface area contributed by atoms with E-state index in [4.69, 9.17) is 9.47 Å². The second kappa shape index (κ2) is 8.30. The maximum atomic E-state index is 13.5. The quantitative estimate of drug-likeness (QED) is 0.387. The number of aryl methyl sites for hydroxylation is 1. The van der Waals surface area contributed by atoms with Crippen molar-refractivity contribution in [2.24, 2.45) is 0 Å². The zero-order valence-corrected chi connectivity index (χ0v) is 18.3. The van der Waals surface area contributed by atoms with Crippen molar-refractivity contribution in [2.45, 2.75) is 40.2 Å². The first kappa shape index (κ1) is 22.2. The summed E-state index contributed by atoms with van der Waals surface area (Å²) in [6, 6.07) is 4.39. The fourth-order valence-electron chi connectivity index (χ4n) is 3.40. The molecule has 2 aromatic rings. The summed E-state index contributed by atoms with van der Waals surface area (Å²) >= 11 is 0. The lowest BCUT2D eigenvalue weighted by Gasteiger charge is -2.29. The van der Waals surface area contributed by atoms with Crippen LogP contribution in [0, 0.1) is 6.92 Å². The van der Waals surface area contributed by atoms with Crippen LogP contribution in [0.3, 0.4) is 0 Å². The summed E-state index contributed by atoms with van der Waals surface area (Å²) in [4.78, 5) is 25.5. The summed E-state index contributed by atoms with van der Waals surface area (Å²) in [7, 11) is 0. The Labute approximate surface area is 181 Å². The number of carbonyl (C=O) groups excluding carboxylic acids is 2. The molecule has 0 unspecified atom stereocenters. The Bertz CT molecular complexity index is 1120. The molecule has 2 N–H and O–H groups in total. The molecule has 1 heterocycles. The molecule has 0 saturated heterocycles. The maximum absolute atomic E-state index is 13.5. The Kier molecular flexibility index (Phi) is 5.93. The zero-order chi connectivity index (χ0) is 22.9. The standard InChI is InChI=1S/C25H26O6/c1-14(2)9-11-30-23-15(3)12-19(28)20(17(23)13-26)22(29)21-18(27)7-6-16-8-10-25(4,5)31-24(16)21/h6-10,12-13,27-28H,11H2,1-5H3. The van der Waals surface area contributed by atoms with Gasteiger partial charge in [-0.05, 0) is 70.5 Å². The number of ketones is 1. The highest BCUT2D eigenvalue weighted by Gasteiger charge is 2.32. The van der Waals surface area contributed by atoms with E-state index in [1.807, 2.05) is 39.8 Å². The van der Waals surface area contributed by atoms with Gasteiger partial charge in [0.25, 0.3) is 0 Å². The van der Waals surface area contributed by atoms with Gasteiger partial charge in [0.1, 0.15) is 40.8 Å². The predicted octanol–water partition coefficient (Wildman–Crippen LogP) is 4.98. The minimum Gasteiger partial charge on any atom is -0.507 e. The Morgan fingerprint density at radius 3 is 2.52 bits per heavy atom. The van der Waals surface area contributed by atoms with E-state index in [9.17, 15) is 19.8 Å². The van der Waals surface area contributed by atoms with Gasteiger partial charge in [-0.15, -0.1) is 0 Å². The summed E-state index contributed by atoms with van der Waals surface area (Å²) in [6.07, 6.45) is 5.97. The van der Waals surface area contributed by atoms with E-state index in [0.717, 1.165) is 5.57 Å². The van der Waals surface area contributed by atoms with Crippen LogP contribution in [0.25, 0.3) is 6.08 Å². The number of hydrogen-bond acceptors (Lipinski definition) is 6. The van der Waals surface area contributed by atoms with Gasteiger partial charge in [-0.25, -0.2) is 0 Å². The molecule has 3 rings (SSSR count). The van der Waals surface area contributed by atoms with E-state index < -0.39 is 11.4 Å². The van der Waals surface area contributed by atoms with E-state index in [-0.39, 0.29) is 46.3 Å². The van der Waals surface area contributed by atoms with E-state index in [2.05, 4.69) is 0 Å². The first-order chi connectivity index (χ1) is 14.6. The molecule has 1 aliphatic rings. The minimum atomic E-state index is -0.730. The molecule has 0 radical (unpaired) electrons. The molecular weight excluding hydrogens is 396 g/mol. The van der Waals surface area contributed by atoms with Crippen LogP contribution in [0.5, 0.6) is 23.0 Å². The van der Waals surface area contributed by atoms with Gasteiger partial charge < -0.3 is 19.7 Å². The predicted molar refractivity (Wildman–Crippen MR) is 118 cm³/mol. The fraction of sp³-hybridized carbons (Fsp3) is 0.280. The van der Waals surface area contributed by atoms with Gasteiger partial charge in [0.15, 0.2) is 6.29 Å². The lowest BCUT2D eigenvalue weighted by atomic mass is 9.91. The molecule has 6 nitrogen and oxygen atoms in total. The number of phenolic OH excluding ortho intramolecular Hbond substituents is 2. The van der Waals surface area contributed by atoms with Gasteiger partial charge in [0.2, 0.25) is 5.78 Å². The number of aldehydes is 1. The number of hydrogen-bond donors (Lipinski definition) is 2. The Balaban J connectivity index is 2.19. The largest absolute Gasteiger partial charge is 0.507 e. The number of benzene rings is 2. The average Bonchev–Trinajstić information content (AvgIpc) is 2.67. The molecule has 6 heteroatoms. The number of aromatic hydroxyl groups is 2. The molecule has 1 aliphatic heterocycles. The molecule has 31 heavy (non-hydrogen) atoms. The number of allylic oxidation sites excluding steroid dienone is 1. The summed E-state index contributed by atoms with van der Waals surface area (Å²) in [5.74, 6) is -1.01. The average molecular weight is 422 g/mol. The van der Waals surface area contributed by atoms with Crippen LogP contribution >= 0.6 is 0 Å². The second-order valence-corrected chi connectivity index (χ2v) is 8.29. The highest BCUT2D eigenvalue weighted by Crippen LogP contribution is 2.42. The molecule has 0 bridgehead atoms. The summed E-state index contributed by atoms with van der Waals surface area (Å²) in [5.41, 5.74) is 1.02. The van der Waals surface area contributed by atoms with Crippen molar-refractivity contribution < 1.29 is 29.3 Å². The topological polar surface area (TPSA) is 93.1 Å². The van der Waals surface area contributed by atoms with Gasteiger partial charge in [-0.3, -0.25) is 9.59 Å². The smallest absolute Gasteiger partial charge is 0.205 e. The van der Waals surface area contributed by atoms with Gasteiger partial charge in [0, 0.05) is 5.56 Å². The molecule has 162 valence electrons. The number of carbonyl (C=O) groups is 2. The van der Waals surface area contributed by atoms with Crippen molar-refractivity contribution in [3.8, 4) is 23.0 Å². The normalized spacial score (nSPS) is 13.7. The molecule has 0 amide bonds. The van der Waals surface area contributed by atoms with Gasteiger partial charge in [0.05, 0.1) is 11.1 Å². The van der Waals surface area contributed by atoms with Crippen molar-refractivity contribution in [3.63, 3.8) is 0 Å². The molecule has 0 fully saturated rings. The number of phenols is 2. The van der Waals surface area contributed by atoms with Crippen molar-refractivity contribution in [2.75, 3.05) is 6.61 Å². The maximum Gasteiger partial charge on any atom is 0.205 e. The summed E-state index contributed by atoms with van der Waals surface area (Å²) in [5, 5.41) is 21.1. The highest BCUT2D eigenvalue weighted by atomic mass is 16.5. The van der Waals surface area contributed by atoms with E-state index in [0.29, 0.717) is 17.4 Å². The van der Waals surface area contributed by atoms with Crippen LogP contribution in [-0.4, -0.2) is 34.5 Å². The molecule has 0 atom stereocenters. The monoisotopic (exact) mass is 422 g/mol. The third kappa shape index (κ3) is 4.33. The highest BCUT2D eigenvalue weighted by molar-refractivity contribution is 6.18. The van der Waals surface area contributed by atoms with Crippen molar-refractivity contribution in [1.29, 1.82) is 0 Å². The van der Waals surface area contributed by atoms with Gasteiger partial charge in [-0.2, -0.15) is 0 Å². The third-order valence-electron chi connectivity index (χ3n) is 4.97. The van der Waals surface area contributed by atoms with Crippen LogP contribution in [-0.2, 0) is 0 Å². The molecule has 2 aromatic carbocycles.